The molecule has 2 aromatic carbocycles. The van der Waals surface area contributed by atoms with Crippen molar-refractivity contribution in [3.63, 3.8) is 0 Å². The third-order valence-corrected chi connectivity index (χ3v) is 2.87. The van der Waals surface area contributed by atoms with Crippen molar-refractivity contribution in [3.05, 3.63) is 54.6 Å². The minimum atomic E-state index is 0.659. The van der Waals surface area contributed by atoms with E-state index in [0.717, 1.165) is 28.2 Å². The first-order chi connectivity index (χ1) is 9.60. The molecule has 0 aliphatic rings. The van der Waals surface area contributed by atoms with Crippen molar-refractivity contribution >= 4 is 34.7 Å². The lowest BCUT2D eigenvalue weighted by Gasteiger charge is -2.12. The van der Waals surface area contributed by atoms with Crippen LogP contribution in [-0.2, 0) is 4.79 Å². The molecule has 0 spiro atoms. The van der Waals surface area contributed by atoms with Gasteiger partial charge in [0.15, 0.2) is 0 Å². The van der Waals surface area contributed by atoms with Gasteiger partial charge >= 0.3 is 0 Å². The highest BCUT2D eigenvalue weighted by Gasteiger charge is 2.04. The third kappa shape index (κ3) is 3.17. The number of hydrogen-bond acceptors (Lipinski definition) is 3. The molecule has 0 bridgehead atoms. The number of nitrogen functional groups attached to an aromatic ring is 1. The average Bonchev–Trinajstić information content (AvgIpc) is 2.39. The van der Waals surface area contributed by atoms with Crippen LogP contribution in [0.25, 0.3) is 5.57 Å². The SMILES string of the molecule is C=C(C)c1ccc(Nc2cccc(N)c2)cc1NC=O. The predicted octanol–water partition coefficient (Wildman–Crippen LogP) is 3.61. The molecule has 4 N–H and O–H groups in total. The fourth-order valence-electron chi connectivity index (χ4n) is 1.96. The van der Waals surface area contributed by atoms with Gasteiger partial charge < -0.3 is 16.4 Å². The lowest BCUT2D eigenvalue weighted by Crippen LogP contribution is -1.99. The van der Waals surface area contributed by atoms with Crippen molar-refractivity contribution < 1.29 is 4.79 Å². The van der Waals surface area contributed by atoms with Crippen LogP contribution in [0.2, 0.25) is 0 Å². The van der Waals surface area contributed by atoms with Gasteiger partial charge in [0, 0.05) is 22.6 Å². The quantitative estimate of drug-likeness (QED) is 0.572. The third-order valence-electron chi connectivity index (χ3n) is 2.87. The average molecular weight is 267 g/mol. The zero-order chi connectivity index (χ0) is 14.5. The second-order valence-corrected chi connectivity index (χ2v) is 4.55. The van der Waals surface area contributed by atoms with Gasteiger partial charge in [-0.3, -0.25) is 4.79 Å². The summed E-state index contributed by atoms with van der Waals surface area (Å²) in [4.78, 5) is 10.7. The summed E-state index contributed by atoms with van der Waals surface area (Å²) in [7, 11) is 0. The van der Waals surface area contributed by atoms with Gasteiger partial charge in [0.2, 0.25) is 6.41 Å². The minimum Gasteiger partial charge on any atom is -0.399 e. The summed E-state index contributed by atoms with van der Waals surface area (Å²) in [6.07, 6.45) is 0.659. The summed E-state index contributed by atoms with van der Waals surface area (Å²) < 4.78 is 0. The van der Waals surface area contributed by atoms with Crippen LogP contribution in [0.1, 0.15) is 12.5 Å². The smallest absolute Gasteiger partial charge is 0.211 e. The molecule has 0 aliphatic heterocycles. The number of nitrogens with two attached hydrogens (primary N) is 1. The molecule has 0 fully saturated rings. The molecule has 0 saturated heterocycles. The molecule has 0 saturated carbocycles. The fraction of sp³-hybridized carbons (Fsp3) is 0.0625. The van der Waals surface area contributed by atoms with Crippen LogP contribution >= 0.6 is 0 Å². The van der Waals surface area contributed by atoms with E-state index in [-0.39, 0.29) is 0 Å². The van der Waals surface area contributed by atoms with Crippen LogP contribution in [0.5, 0.6) is 0 Å². The zero-order valence-corrected chi connectivity index (χ0v) is 11.3. The van der Waals surface area contributed by atoms with E-state index in [0.29, 0.717) is 12.1 Å². The summed E-state index contributed by atoms with van der Waals surface area (Å²) in [6.45, 7) is 5.80. The first-order valence-corrected chi connectivity index (χ1v) is 6.23. The topological polar surface area (TPSA) is 67.2 Å². The highest BCUT2D eigenvalue weighted by Crippen LogP contribution is 2.28. The number of amides is 1. The molecule has 4 heteroatoms. The summed E-state index contributed by atoms with van der Waals surface area (Å²) >= 11 is 0. The van der Waals surface area contributed by atoms with Crippen LogP contribution in [0.15, 0.2) is 49.0 Å². The molecule has 4 nitrogen and oxygen atoms in total. The van der Waals surface area contributed by atoms with E-state index in [9.17, 15) is 4.79 Å². The van der Waals surface area contributed by atoms with Gasteiger partial charge in [-0.05, 0) is 42.8 Å². The standard InChI is InChI=1S/C16H17N3O/c1-11(2)15-7-6-14(9-16(15)18-10-20)19-13-5-3-4-12(17)8-13/h3-10,19H,1,17H2,2H3,(H,18,20). The molecule has 1 amide bonds. The van der Waals surface area contributed by atoms with E-state index in [1.165, 1.54) is 0 Å². The monoisotopic (exact) mass is 267 g/mol. The van der Waals surface area contributed by atoms with Gasteiger partial charge in [0.1, 0.15) is 0 Å². The molecule has 2 rings (SSSR count). The van der Waals surface area contributed by atoms with Crippen molar-refractivity contribution in [2.45, 2.75) is 6.92 Å². The number of carbonyl (C=O) groups is 1. The van der Waals surface area contributed by atoms with Crippen molar-refractivity contribution in [2.75, 3.05) is 16.4 Å². The molecule has 0 aromatic heterocycles. The molecule has 0 heterocycles. The minimum absolute atomic E-state index is 0.659. The first-order valence-electron chi connectivity index (χ1n) is 6.23. The number of nitrogens with one attached hydrogen (secondary N) is 2. The van der Waals surface area contributed by atoms with Crippen LogP contribution < -0.4 is 16.4 Å². The molecule has 0 radical (unpaired) electrons. The molecular formula is C16H17N3O. The molecule has 102 valence electrons. The van der Waals surface area contributed by atoms with E-state index in [4.69, 9.17) is 5.73 Å². The summed E-state index contributed by atoms with van der Waals surface area (Å²) in [5.41, 5.74) is 10.7. The maximum absolute atomic E-state index is 10.7. The lowest BCUT2D eigenvalue weighted by molar-refractivity contribution is -0.105. The van der Waals surface area contributed by atoms with Gasteiger partial charge in [-0.15, -0.1) is 0 Å². The fourth-order valence-corrected chi connectivity index (χ4v) is 1.96. The van der Waals surface area contributed by atoms with Gasteiger partial charge in [-0.2, -0.15) is 0 Å². The molecule has 20 heavy (non-hydrogen) atoms. The van der Waals surface area contributed by atoms with E-state index in [1.807, 2.05) is 49.4 Å². The van der Waals surface area contributed by atoms with Crippen LogP contribution in [0, 0.1) is 0 Å². The number of carbonyl (C=O) groups excluding carboxylic acids is 1. The van der Waals surface area contributed by atoms with E-state index >= 15 is 0 Å². The van der Waals surface area contributed by atoms with Gasteiger partial charge in [-0.25, -0.2) is 0 Å². The number of benzene rings is 2. The molecule has 0 atom stereocenters. The number of hydrogen-bond donors (Lipinski definition) is 3. The van der Waals surface area contributed by atoms with Crippen molar-refractivity contribution in [1.82, 2.24) is 0 Å². The maximum atomic E-state index is 10.7. The molecule has 0 aliphatic carbocycles. The Morgan fingerprint density at radius 2 is 1.95 bits per heavy atom. The molecular weight excluding hydrogens is 250 g/mol. The predicted molar refractivity (Wildman–Crippen MR) is 85.0 cm³/mol. The highest BCUT2D eigenvalue weighted by atomic mass is 16.1. The highest BCUT2D eigenvalue weighted by molar-refractivity contribution is 5.84. The van der Waals surface area contributed by atoms with Crippen molar-refractivity contribution in [1.29, 1.82) is 0 Å². The summed E-state index contributed by atoms with van der Waals surface area (Å²) in [5.74, 6) is 0. The van der Waals surface area contributed by atoms with Crippen LogP contribution in [-0.4, -0.2) is 6.41 Å². The number of anilines is 4. The zero-order valence-electron chi connectivity index (χ0n) is 11.3. The Bertz CT molecular complexity index is 650. The largest absolute Gasteiger partial charge is 0.399 e. The Morgan fingerprint density at radius 3 is 2.60 bits per heavy atom. The van der Waals surface area contributed by atoms with Gasteiger partial charge in [-0.1, -0.05) is 18.7 Å². The van der Waals surface area contributed by atoms with Gasteiger partial charge in [0.05, 0.1) is 5.69 Å². The second kappa shape index (κ2) is 5.93. The number of rotatable bonds is 5. The molecule has 2 aromatic rings. The lowest BCUT2D eigenvalue weighted by atomic mass is 10.1. The van der Waals surface area contributed by atoms with Crippen molar-refractivity contribution in [3.8, 4) is 0 Å². The van der Waals surface area contributed by atoms with Crippen LogP contribution in [0.4, 0.5) is 22.7 Å². The first kappa shape index (κ1) is 13.7. The van der Waals surface area contributed by atoms with E-state index in [1.54, 1.807) is 0 Å². The molecule has 0 unspecified atom stereocenters. The van der Waals surface area contributed by atoms with E-state index < -0.39 is 0 Å². The van der Waals surface area contributed by atoms with Crippen molar-refractivity contribution in [2.24, 2.45) is 0 Å². The summed E-state index contributed by atoms with van der Waals surface area (Å²) in [5, 5.41) is 5.93. The Morgan fingerprint density at radius 1 is 1.20 bits per heavy atom. The number of allylic oxidation sites excluding steroid dienone is 1. The second-order valence-electron chi connectivity index (χ2n) is 4.55. The Kier molecular flexibility index (Phi) is 4.05. The Labute approximate surface area is 118 Å². The maximum Gasteiger partial charge on any atom is 0.211 e. The Balaban J connectivity index is 2.31. The normalized spacial score (nSPS) is 9.85. The van der Waals surface area contributed by atoms with E-state index in [2.05, 4.69) is 17.2 Å². The summed E-state index contributed by atoms with van der Waals surface area (Å²) in [6, 6.07) is 13.2. The van der Waals surface area contributed by atoms with Crippen LogP contribution in [0.3, 0.4) is 0 Å². The Hall–Kier alpha value is -2.75. The van der Waals surface area contributed by atoms with Gasteiger partial charge in [0.25, 0.3) is 0 Å².